The van der Waals surface area contributed by atoms with Gasteiger partial charge in [-0.2, -0.15) is 0 Å². The molecule has 0 N–H and O–H groups in total. The molecular weight excluding hydrogens is 378 g/mol. The second kappa shape index (κ2) is 5.38. The summed E-state index contributed by atoms with van der Waals surface area (Å²) < 4.78 is 2.11. The molecule has 0 saturated heterocycles. The zero-order valence-electron chi connectivity index (χ0n) is 16.8. The predicted molar refractivity (Wildman–Crippen MR) is 124 cm³/mol. The highest BCUT2D eigenvalue weighted by Gasteiger charge is 2.26. The van der Waals surface area contributed by atoms with Crippen molar-refractivity contribution in [1.82, 2.24) is 14.4 Å². The van der Waals surface area contributed by atoms with Crippen LogP contribution in [-0.4, -0.2) is 14.4 Å². The lowest BCUT2D eigenvalue weighted by Gasteiger charge is -2.10. The minimum atomic E-state index is 0.966. The Morgan fingerprint density at radius 1 is 0.548 bits per heavy atom. The summed E-state index contributed by atoms with van der Waals surface area (Å²) in [5.41, 5.74) is 13.2. The van der Waals surface area contributed by atoms with E-state index in [1.54, 1.807) is 0 Å². The first kappa shape index (κ1) is 15.8. The summed E-state index contributed by atoms with van der Waals surface area (Å²) in [6.07, 6.45) is 7.75. The Kier molecular flexibility index (Phi) is 2.74. The van der Waals surface area contributed by atoms with Crippen molar-refractivity contribution in [3.8, 4) is 22.3 Å². The van der Waals surface area contributed by atoms with Crippen LogP contribution in [0.4, 0.5) is 0 Å². The fraction of sp³-hybridized carbons (Fsp3) is 0.0714. The van der Waals surface area contributed by atoms with Gasteiger partial charge >= 0.3 is 0 Å². The number of imidazole rings is 1. The Bertz CT molecular complexity index is 1740. The first-order valence-electron chi connectivity index (χ1n) is 10.8. The molecule has 0 fully saturated rings. The van der Waals surface area contributed by atoms with Gasteiger partial charge in [0.15, 0.2) is 0 Å². The highest BCUT2D eigenvalue weighted by molar-refractivity contribution is 6.12. The third kappa shape index (κ3) is 1.94. The van der Waals surface area contributed by atoms with Crippen LogP contribution in [-0.2, 0) is 12.8 Å². The molecule has 0 unspecified atom stereocenters. The first-order valence-corrected chi connectivity index (χ1v) is 10.8. The molecule has 3 aromatic carbocycles. The van der Waals surface area contributed by atoms with Gasteiger partial charge in [0.1, 0.15) is 11.3 Å². The Balaban J connectivity index is 1.43. The molecule has 2 aliphatic carbocycles. The molecule has 3 aromatic heterocycles. The number of pyridine rings is 2. The molecule has 0 aliphatic heterocycles. The fourth-order valence-electron chi connectivity index (χ4n) is 5.75. The van der Waals surface area contributed by atoms with E-state index in [9.17, 15) is 0 Å². The third-order valence-corrected chi connectivity index (χ3v) is 7.12. The molecule has 3 heterocycles. The highest BCUT2D eigenvalue weighted by Crippen LogP contribution is 2.46. The molecule has 2 aliphatic rings. The lowest BCUT2D eigenvalue weighted by Crippen LogP contribution is -1.94. The van der Waals surface area contributed by atoms with Gasteiger partial charge in [0, 0.05) is 29.4 Å². The van der Waals surface area contributed by atoms with Crippen LogP contribution in [0.5, 0.6) is 0 Å². The molecule has 3 nitrogen and oxygen atoms in total. The second-order valence-electron chi connectivity index (χ2n) is 8.73. The molecule has 3 heteroatoms. The van der Waals surface area contributed by atoms with E-state index in [2.05, 4.69) is 69.0 Å². The monoisotopic (exact) mass is 395 g/mol. The molecule has 0 spiro atoms. The van der Waals surface area contributed by atoms with Gasteiger partial charge in [0.05, 0.1) is 0 Å². The molecule has 0 bridgehead atoms. The van der Waals surface area contributed by atoms with E-state index in [1.165, 1.54) is 60.7 Å². The van der Waals surface area contributed by atoms with Crippen molar-refractivity contribution < 1.29 is 0 Å². The van der Waals surface area contributed by atoms with E-state index in [4.69, 9.17) is 0 Å². The van der Waals surface area contributed by atoms with E-state index in [-0.39, 0.29) is 0 Å². The van der Waals surface area contributed by atoms with Gasteiger partial charge in [-0.25, -0.2) is 9.97 Å². The lowest BCUT2D eigenvalue weighted by atomic mass is 9.97. The van der Waals surface area contributed by atoms with Gasteiger partial charge in [0.25, 0.3) is 0 Å². The van der Waals surface area contributed by atoms with E-state index < -0.39 is 0 Å². The zero-order valence-corrected chi connectivity index (χ0v) is 16.8. The molecule has 144 valence electrons. The number of hydrogen-bond acceptors (Lipinski definition) is 2. The van der Waals surface area contributed by atoms with Crippen LogP contribution in [0.3, 0.4) is 0 Å². The second-order valence-corrected chi connectivity index (χ2v) is 8.73. The maximum atomic E-state index is 4.69. The summed E-state index contributed by atoms with van der Waals surface area (Å²) in [5.74, 6) is 0. The van der Waals surface area contributed by atoms with Crippen molar-refractivity contribution in [1.29, 1.82) is 0 Å². The zero-order chi connectivity index (χ0) is 20.1. The van der Waals surface area contributed by atoms with Crippen molar-refractivity contribution >= 4 is 27.5 Å². The van der Waals surface area contributed by atoms with E-state index in [0.29, 0.717) is 0 Å². The molecule has 0 saturated carbocycles. The molecular formula is C28H17N3. The third-order valence-electron chi connectivity index (χ3n) is 7.12. The maximum absolute atomic E-state index is 4.69. The number of hydrogen-bond donors (Lipinski definition) is 0. The number of fused-ring (bicyclic) bond motifs is 12. The Labute approximate surface area is 178 Å². The fourth-order valence-corrected chi connectivity index (χ4v) is 5.75. The molecule has 0 amide bonds. The molecule has 8 rings (SSSR count). The van der Waals surface area contributed by atoms with Crippen LogP contribution >= 0.6 is 0 Å². The van der Waals surface area contributed by atoms with Crippen molar-refractivity contribution in [2.75, 3.05) is 0 Å². The Morgan fingerprint density at radius 3 is 2.19 bits per heavy atom. The molecule has 6 aromatic rings. The Morgan fingerprint density at radius 2 is 1.26 bits per heavy atom. The Hall–Kier alpha value is -3.98. The summed E-state index contributed by atoms with van der Waals surface area (Å²) >= 11 is 0. The number of nitrogens with zero attached hydrogens (tertiary/aromatic N) is 3. The minimum Gasteiger partial charge on any atom is -0.283 e. The largest absolute Gasteiger partial charge is 0.283 e. The summed E-state index contributed by atoms with van der Waals surface area (Å²) in [6, 6.07) is 22.6. The highest BCUT2D eigenvalue weighted by atomic mass is 15.0. The number of benzene rings is 3. The van der Waals surface area contributed by atoms with Crippen molar-refractivity contribution in [2.24, 2.45) is 0 Å². The summed E-state index contributed by atoms with van der Waals surface area (Å²) in [5, 5.41) is 3.62. The topological polar surface area (TPSA) is 30.2 Å². The maximum Gasteiger partial charge on any atom is 0.146 e. The molecule has 0 atom stereocenters. The quantitative estimate of drug-likeness (QED) is 0.287. The summed E-state index contributed by atoms with van der Waals surface area (Å²) in [6.45, 7) is 0. The van der Waals surface area contributed by atoms with Crippen molar-refractivity contribution in [3.63, 3.8) is 0 Å². The normalized spacial score (nSPS) is 13.5. The van der Waals surface area contributed by atoms with Crippen molar-refractivity contribution in [3.05, 3.63) is 102 Å². The van der Waals surface area contributed by atoms with Gasteiger partial charge in [-0.3, -0.25) is 4.40 Å². The lowest BCUT2D eigenvalue weighted by molar-refractivity contribution is 1.20. The van der Waals surface area contributed by atoms with Crippen LogP contribution in [0.1, 0.15) is 22.3 Å². The average Bonchev–Trinajstić information content (AvgIpc) is 3.51. The van der Waals surface area contributed by atoms with Gasteiger partial charge in [-0.1, -0.05) is 24.3 Å². The standard InChI is InChI=1S/C28H17N3/c1-2-5-20-16(4-1)10-17-13-23-18(12-22(17)20)11-19-14-25-21-6-3-7-29-27(21)31-9-8-30-28(31)26(25)15-24(19)23/h1-9,12-15H,10-11H2. The minimum absolute atomic E-state index is 0.966. The SMILES string of the molecule is c1ccc2c(c1)Cc1cc3c(cc1-2)Cc1cc2c4cccnc4n4ccnc4c2cc1-3. The van der Waals surface area contributed by atoms with Gasteiger partial charge < -0.3 is 0 Å². The van der Waals surface area contributed by atoms with Gasteiger partial charge in [0.2, 0.25) is 0 Å². The van der Waals surface area contributed by atoms with E-state index in [0.717, 1.165) is 24.1 Å². The van der Waals surface area contributed by atoms with Crippen LogP contribution in [0.2, 0.25) is 0 Å². The first-order chi connectivity index (χ1) is 15.3. The van der Waals surface area contributed by atoms with E-state index in [1.807, 2.05) is 24.7 Å². The number of aromatic nitrogens is 3. The predicted octanol–water partition coefficient (Wildman–Crippen LogP) is 6.18. The molecule has 0 radical (unpaired) electrons. The van der Waals surface area contributed by atoms with Crippen LogP contribution < -0.4 is 0 Å². The summed E-state index contributed by atoms with van der Waals surface area (Å²) in [7, 11) is 0. The van der Waals surface area contributed by atoms with Gasteiger partial charge in [-0.15, -0.1) is 0 Å². The van der Waals surface area contributed by atoms with E-state index >= 15 is 0 Å². The number of rotatable bonds is 0. The van der Waals surface area contributed by atoms with Crippen molar-refractivity contribution in [2.45, 2.75) is 12.8 Å². The van der Waals surface area contributed by atoms with Crippen LogP contribution in [0, 0.1) is 0 Å². The summed E-state index contributed by atoms with van der Waals surface area (Å²) in [4.78, 5) is 9.34. The van der Waals surface area contributed by atoms with Gasteiger partial charge in [-0.05, 0) is 99.1 Å². The average molecular weight is 395 g/mol. The van der Waals surface area contributed by atoms with Crippen LogP contribution in [0.15, 0.2) is 79.3 Å². The van der Waals surface area contributed by atoms with Crippen LogP contribution in [0.25, 0.3) is 49.7 Å². The molecule has 31 heavy (non-hydrogen) atoms. The smallest absolute Gasteiger partial charge is 0.146 e.